The Morgan fingerprint density at radius 2 is 1.93 bits per heavy atom. The third-order valence-electron chi connectivity index (χ3n) is 4.03. The molecule has 1 N–H and O–H groups in total. The number of rotatable bonds is 4. The second-order valence-electron chi connectivity index (χ2n) is 6.02. The van der Waals surface area contributed by atoms with Crippen LogP contribution in [-0.2, 0) is 11.3 Å². The normalized spacial score (nSPS) is 10.9. The highest BCUT2D eigenvalue weighted by Crippen LogP contribution is 2.18. The molecule has 0 saturated carbocycles. The summed E-state index contributed by atoms with van der Waals surface area (Å²) < 4.78 is 15.5. The first-order valence-electron chi connectivity index (χ1n) is 8.26. The van der Waals surface area contributed by atoms with Gasteiger partial charge in [-0.2, -0.15) is 10.2 Å². The highest BCUT2D eigenvalue weighted by atomic mass is 35.5. The van der Waals surface area contributed by atoms with Crippen LogP contribution in [0.25, 0.3) is 16.8 Å². The minimum atomic E-state index is -0.468. The largest absolute Gasteiger partial charge is 0.324 e. The molecule has 0 aliphatic rings. The molecule has 0 atom stereocenters. The number of amides is 1. The average Bonchev–Trinajstić information content (AvgIpc) is 3.10. The number of carbonyl (C=O) groups is 1. The Bertz CT molecular complexity index is 1230. The van der Waals surface area contributed by atoms with Crippen LogP contribution in [0.5, 0.6) is 0 Å². The molecule has 0 saturated heterocycles. The fourth-order valence-electron chi connectivity index (χ4n) is 2.72. The van der Waals surface area contributed by atoms with Gasteiger partial charge in [0, 0.05) is 16.3 Å². The number of nitrogens with one attached hydrogen (secondary N) is 1. The molecule has 1 amide bonds. The molecular formula is C19H13ClFN5O2. The first-order valence-corrected chi connectivity index (χ1v) is 8.64. The second-order valence-corrected chi connectivity index (χ2v) is 6.45. The Labute approximate surface area is 163 Å². The van der Waals surface area contributed by atoms with Crippen molar-refractivity contribution in [2.24, 2.45) is 0 Å². The summed E-state index contributed by atoms with van der Waals surface area (Å²) in [6, 6.07) is 14.0. The van der Waals surface area contributed by atoms with Crippen molar-refractivity contribution in [3.8, 4) is 11.3 Å². The molecule has 0 bridgehead atoms. The molecular weight excluding hydrogens is 385 g/mol. The molecule has 4 rings (SSSR count). The average molecular weight is 398 g/mol. The highest BCUT2D eigenvalue weighted by molar-refractivity contribution is 6.30. The summed E-state index contributed by atoms with van der Waals surface area (Å²) in [7, 11) is 0. The van der Waals surface area contributed by atoms with Crippen LogP contribution in [-0.4, -0.2) is 25.3 Å². The molecule has 0 aliphatic heterocycles. The molecule has 28 heavy (non-hydrogen) atoms. The van der Waals surface area contributed by atoms with Crippen molar-refractivity contribution in [3.05, 3.63) is 82.1 Å². The number of nitrogens with zero attached hydrogens (tertiary/aromatic N) is 4. The van der Waals surface area contributed by atoms with Crippen LogP contribution in [0.15, 0.2) is 65.7 Å². The van der Waals surface area contributed by atoms with Gasteiger partial charge in [0.15, 0.2) is 0 Å². The van der Waals surface area contributed by atoms with Gasteiger partial charge in [-0.05, 0) is 48.5 Å². The molecule has 4 aromatic rings. The van der Waals surface area contributed by atoms with Gasteiger partial charge >= 0.3 is 0 Å². The first-order chi connectivity index (χ1) is 13.5. The van der Waals surface area contributed by atoms with E-state index in [1.54, 1.807) is 42.5 Å². The third kappa shape index (κ3) is 3.63. The predicted molar refractivity (Wildman–Crippen MR) is 103 cm³/mol. The van der Waals surface area contributed by atoms with Gasteiger partial charge < -0.3 is 5.32 Å². The fraction of sp³-hybridized carbons (Fsp3) is 0.0526. The van der Waals surface area contributed by atoms with E-state index in [4.69, 9.17) is 11.6 Å². The van der Waals surface area contributed by atoms with E-state index in [0.717, 1.165) is 4.68 Å². The van der Waals surface area contributed by atoms with E-state index in [1.165, 1.54) is 23.0 Å². The van der Waals surface area contributed by atoms with Crippen molar-refractivity contribution >= 4 is 28.7 Å². The fourth-order valence-corrected chi connectivity index (χ4v) is 2.91. The van der Waals surface area contributed by atoms with Gasteiger partial charge in [0.25, 0.3) is 5.56 Å². The maximum atomic E-state index is 13.1. The van der Waals surface area contributed by atoms with Crippen LogP contribution >= 0.6 is 11.6 Å². The van der Waals surface area contributed by atoms with Crippen LogP contribution in [0, 0.1) is 5.82 Å². The summed E-state index contributed by atoms with van der Waals surface area (Å²) >= 11 is 5.89. The molecule has 0 fully saturated rings. The van der Waals surface area contributed by atoms with Crippen LogP contribution in [0.3, 0.4) is 0 Å². The predicted octanol–water partition coefficient (Wildman–Crippen LogP) is 2.99. The standard InChI is InChI=1S/C19H13ClFN5O2/c20-13-2-1-3-15(8-13)23-18(27)10-25-19(28)17-9-16(24-26(17)11-22-25)12-4-6-14(21)7-5-12/h1-9,11H,10H2,(H,23,27). The van der Waals surface area contributed by atoms with Gasteiger partial charge in [-0.1, -0.05) is 17.7 Å². The lowest BCUT2D eigenvalue weighted by atomic mass is 10.1. The summed E-state index contributed by atoms with van der Waals surface area (Å²) in [6.07, 6.45) is 1.34. The third-order valence-corrected chi connectivity index (χ3v) is 4.27. The quantitative estimate of drug-likeness (QED) is 0.574. The first kappa shape index (κ1) is 17.9. The zero-order chi connectivity index (χ0) is 19.7. The molecule has 140 valence electrons. The Kier molecular flexibility index (Phi) is 4.62. The minimum Gasteiger partial charge on any atom is -0.324 e. The van der Waals surface area contributed by atoms with Crippen molar-refractivity contribution in [2.75, 3.05) is 5.32 Å². The number of aromatic nitrogens is 4. The highest BCUT2D eigenvalue weighted by Gasteiger charge is 2.12. The molecule has 0 radical (unpaired) electrons. The van der Waals surface area contributed by atoms with E-state index < -0.39 is 11.5 Å². The summed E-state index contributed by atoms with van der Waals surface area (Å²) in [5.74, 6) is -0.776. The van der Waals surface area contributed by atoms with Crippen molar-refractivity contribution in [1.82, 2.24) is 19.4 Å². The van der Waals surface area contributed by atoms with Gasteiger partial charge in [0.2, 0.25) is 5.91 Å². The van der Waals surface area contributed by atoms with Crippen molar-refractivity contribution in [2.45, 2.75) is 6.54 Å². The van der Waals surface area contributed by atoms with E-state index in [0.29, 0.717) is 22.0 Å². The van der Waals surface area contributed by atoms with E-state index in [-0.39, 0.29) is 17.9 Å². The molecule has 0 aliphatic carbocycles. The Morgan fingerprint density at radius 1 is 1.14 bits per heavy atom. The lowest BCUT2D eigenvalue weighted by Gasteiger charge is -2.07. The van der Waals surface area contributed by atoms with Crippen molar-refractivity contribution in [3.63, 3.8) is 0 Å². The lowest BCUT2D eigenvalue weighted by Crippen LogP contribution is -2.30. The number of benzene rings is 2. The van der Waals surface area contributed by atoms with E-state index in [9.17, 15) is 14.0 Å². The van der Waals surface area contributed by atoms with E-state index >= 15 is 0 Å². The SMILES string of the molecule is O=C(Cn1ncn2nc(-c3ccc(F)cc3)cc2c1=O)Nc1cccc(Cl)c1. The number of fused-ring (bicyclic) bond motifs is 1. The molecule has 0 unspecified atom stereocenters. The van der Waals surface area contributed by atoms with Crippen LogP contribution < -0.4 is 10.9 Å². The number of halogens is 2. The molecule has 9 heteroatoms. The van der Waals surface area contributed by atoms with Gasteiger partial charge in [-0.15, -0.1) is 0 Å². The van der Waals surface area contributed by atoms with Gasteiger partial charge in [-0.25, -0.2) is 13.6 Å². The summed E-state index contributed by atoms with van der Waals surface area (Å²) in [6.45, 7) is -0.265. The maximum Gasteiger partial charge on any atom is 0.293 e. The second kappa shape index (κ2) is 7.24. The molecule has 0 spiro atoms. The number of hydrogen-bond donors (Lipinski definition) is 1. The molecule has 7 nitrogen and oxygen atoms in total. The minimum absolute atomic E-state index is 0.255. The Balaban J connectivity index is 1.60. The van der Waals surface area contributed by atoms with Gasteiger partial charge in [-0.3, -0.25) is 9.59 Å². The molecule has 2 aromatic carbocycles. The monoisotopic (exact) mass is 397 g/mol. The smallest absolute Gasteiger partial charge is 0.293 e. The lowest BCUT2D eigenvalue weighted by molar-refractivity contribution is -0.117. The Morgan fingerprint density at radius 3 is 2.68 bits per heavy atom. The zero-order valence-corrected chi connectivity index (χ0v) is 15.1. The van der Waals surface area contributed by atoms with E-state index in [1.807, 2.05) is 0 Å². The zero-order valence-electron chi connectivity index (χ0n) is 14.3. The molecule has 2 aromatic heterocycles. The summed E-state index contributed by atoms with van der Waals surface area (Å²) in [5.41, 5.74) is 1.47. The van der Waals surface area contributed by atoms with Gasteiger partial charge in [0.1, 0.15) is 24.2 Å². The van der Waals surface area contributed by atoms with Crippen molar-refractivity contribution < 1.29 is 9.18 Å². The molecule has 2 heterocycles. The Hall–Kier alpha value is -3.52. The number of carbonyl (C=O) groups excluding carboxylic acids is 1. The topological polar surface area (TPSA) is 81.3 Å². The maximum absolute atomic E-state index is 13.1. The summed E-state index contributed by atoms with van der Waals surface area (Å²) in [4.78, 5) is 24.9. The van der Waals surface area contributed by atoms with Crippen LogP contribution in [0.4, 0.5) is 10.1 Å². The number of anilines is 1. The van der Waals surface area contributed by atoms with E-state index in [2.05, 4.69) is 15.5 Å². The van der Waals surface area contributed by atoms with Crippen molar-refractivity contribution in [1.29, 1.82) is 0 Å². The summed E-state index contributed by atoms with van der Waals surface area (Å²) in [5, 5.41) is 11.4. The van der Waals surface area contributed by atoms with Crippen LogP contribution in [0.2, 0.25) is 5.02 Å². The van der Waals surface area contributed by atoms with Crippen LogP contribution in [0.1, 0.15) is 0 Å². The van der Waals surface area contributed by atoms with Gasteiger partial charge in [0.05, 0.1) is 5.69 Å². The number of hydrogen-bond acceptors (Lipinski definition) is 4.